The highest BCUT2D eigenvalue weighted by atomic mass is 16.3. The van der Waals surface area contributed by atoms with E-state index < -0.39 is 0 Å². The first-order chi connectivity index (χ1) is 21.8. The Hall–Kier alpha value is -5.86. The second kappa shape index (κ2) is 9.86. The van der Waals surface area contributed by atoms with Crippen molar-refractivity contribution in [2.24, 2.45) is 0 Å². The third kappa shape index (κ3) is 3.96. The van der Waals surface area contributed by atoms with Crippen LogP contribution in [-0.4, -0.2) is 0 Å². The minimum Gasteiger partial charge on any atom is -0.455 e. The van der Waals surface area contributed by atoms with Gasteiger partial charge >= 0.3 is 0 Å². The Bertz CT molecular complexity index is 2490. The van der Waals surface area contributed by atoms with Crippen LogP contribution in [0.15, 0.2) is 168 Å². The standard InChI is InChI=1S/C42H27NO/c1-2-8-28(9-3-1)29-16-20-33(21-17-29)43(34-22-18-32-15-14-30-10-4-6-12-36(30)39(32)26-34)35-23-25-41-40(27-35)38-24-19-31-11-5-7-13-37(31)42(38)44-41/h1-27H. The first-order valence-corrected chi connectivity index (χ1v) is 15.0. The fraction of sp³-hybridized carbons (Fsp3) is 0. The highest BCUT2D eigenvalue weighted by Gasteiger charge is 2.17. The van der Waals surface area contributed by atoms with E-state index >= 15 is 0 Å². The summed E-state index contributed by atoms with van der Waals surface area (Å²) >= 11 is 0. The lowest BCUT2D eigenvalue weighted by Crippen LogP contribution is -2.09. The Labute approximate surface area is 255 Å². The van der Waals surface area contributed by atoms with Crippen molar-refractivity contribution in [2.75, 3.05) is 4.90 Å². The van der Waals surface area contributed by atoms with E-state index in [1.54, 1.807) is 0 Å². The summed E-state index contributed by atoms with van der Waals surface area (Å²) in [5, 5.41) is 9.54. The number of benzene rings is 8. The van der Waals surface area contributed by atoms with Gasteiger partial charge in [-0.15, -0.1) is 0 Å². The van der Waals surface area contributed by atoms with E-state index in [0.717, 1.165) is 44.4 Å². The van der Waals surface area contributed by atoms with E-state index in [9.17, 15) is 0 Å². The molecule has 2 heteroatoms. The van der Waals surface area contributed by atoms with Crippen LogP contribution in [0.3, 0.4) is 0 Å². The fourth-order valence-corrected chi connectivity index (χ4v) is 6.64. The molecule has 0 aliphatic heterocycles. The summed E-state index contributed by atoms with van der Waals surface area (Å²) in [7, 11) is 0. The molecular formula is C42H27NO. The smallest absolute Gasteiger partial charge is 0.143 e. The van der Waals surface area contributed by atoms with Crippen molar-refractivity contribution in [3.8, 4) is 11.1 Å². The van der Waals surface area contributed by atoms with Gasteiger partial charge in [-0.1, -0.05) is 115 Å². The quantitative estimate of drug-likeness (QED) is 0.199. The second-order valence-electron chi connectivity index (χ2n) is 11.4. The van der Waals surface area contributed by atoms with Crippen LogP contribution in [-0.2, 0) is 0 Å². The summed E-state index contributed by atoms with van der Waals surface area (Å²) in [6.07, 6.45) is 0. The second-order valence-corrected chi connectivity index (χ2v) is 11.4. The third-order valence-electron chi connectivity index (χ3n) is 8.82. The molecule has 1 heterocycles. The van der Waals surface area contributed by atoms with Crippen LogP contribution in [0.5, 0.6) is 0 Å². The largest absolute Gasteiger partial charge is 0.455 e. The fourth-order valence-electron chi connectivity index (χ4n) is 6.64. The zero-order valence-corrected chi connectivity index (χ0v) is 23.9. The molecule has 8 aromatic carbocycles. The molecule has 0 saturated heterocycles. The highest BCUT2D eigenvalue weighted by Crippen LogP contribution is 2.42. The van der Waals surface area contributed by atoms with Gasteiger partial charge in [0.15, 0.2) is 0 Å². The predicted molar refractivity (Wildman–Crippen MR) is 186 cm³/mol. The van der Waals surface area contributed by atoms with Crippen LogP contribution in [0, 0.1) is 0 Å². The Balaban J connectivity index is 1.26. The van der Waals surface area contributed by atoms with Crippen LogP contribution in [0.2, 0.25) is 0 Å². The first-order valence-electron chi connectivity index (χ1n) is 15.0. The van der Waals surface area contributed by atoms with Gasteiger partial charge in [0.1, 0.15) is 11.2 Å². The topological polar surface area (TPSA) is 16.4 Å². The highest BCUT2D eigenvalue weighted by molar-refractivity contribution is 6.16. The van der Waals surface area contributed by atoms with E-state index in [1.807, 2.05) is 0 Å². The molecule has 0 radical (unpaired) electrons. The van der Waals surface area contributed by atoms with Gasteiger partial charge in [-0.2, -0.15) is 0 Å². The summed E-state index contributed by atoms with van der Waals surface area (Å²) in [6, 6.07) is 58.6. The Morgan fingerprint density at radius 1 is 0.341 bits per heavy atom. The van der Waals surface area contributed by atoms with Gasteiger partial charge < -0.3 is 9.32 Å². The first kappa shape index (κ1) is 24.7. The summed E-state index contributed by atoms with van der Waals surface area (Å²) in [5.41, 5.74) is 7.53. The van der Waals surface area contributed by atoms with E-state index in [0.29, 0.717) is 0 Å². The van der Waals surface area contributed by atoms with Crippen LogP contribution < -0.4 is 4.90 Å². The third-order valence-corrected chi connectivity index (χ3v) is 8.82. The maximum atomic E-state index is 6.46. The molecule has 0 fully saturated rings. The number of hydrogen-bond donors (Lipinski definition) is 0. The van der Waals surface area contributed by atoms with Crippen LogP contribution >= 0.6 is 0 Å². The minimum atomic E-state index is 0.893. The van der Waals surface area contributed by atoms with Crippen molar-refractivity contribution in [2.45, 2.75) is 0 Å². The maximum absolute atomic E-state index is 6.46. The molecule has 9 aromatic rings. The number of fused-ring (bicyclic) bond motifs is 8. The summed E-state index contributed by atoms with van der Waals surface area (Å²) in [6.45, 7) is 0. The van der Waals surface area contributed by atoms with Crippen molar-refractivity contribution in [3.63, 3.8) is 0 Å². The van der Waals surface area contributed by atoms with Gasteiger partial charge in [0.2, 0.25) is 0 Å². The molecule has 0 atom stereocenters. The van der Waals surface area contributed by atoms with Crippen LogP contribution in [0.25, 0.3) is 65.4 Å². The number of nitrogens with zero attached hydrogens (tertiary/aromatic N) is 1. The van der Waals surface area contributed by atoms with E-state index in [1.165, 1.54) is 38.1 Å². The van der Waals surface area contributed by atoms with E-state index in [4.69, 9.17) is 4.42 Å². The van der Waals surface area contributed by atoms with E-state index in [2.05, 4.69) is 169 Å². The molecule has 0 amide bonds. The predicted octanol–water partition coefficient (Wildman–Crippen LogP) is 12.2. The molecule has 0 bridgehead atoms. The summed E-state index contributed by atoms with van der Waals surface area (Å²) < 4.78 is 6.46. The van der Waals surface area contributed by atoms with Crippen LogP contribution in [0.4, 0.5) is 17.1 Å². The van der Waals surface area contributed by atoms with Crippen molar-refractivity contribution in [1.29, 1.82) is 0 Å². The lowest BCUT2D eigenvalue weighted by molar-refractivity contribution is 0.672. The summed E-state index contributed by atoms with van der Waals surface area (Å²) in [5.74, 6) is 0. The van der Waals surface area contributed by atoms with Gasteiger partial charge in [0.25, 0.3) is 0 Å². The molecule has 1 aromatic heterocycles. The Morgan fingerprint density at radius 3 is 1.68 bits per heavy atom. The molecule has 2 nitrogen and oxygen atoms in total. The number of hydrogen-bond acceptors (Lipinski definition) is 2. The molecule has 0 aliphatic rings. The average molecular weight is 562 g/mol. The van der Waals surface area contributed by atoms with Gasteiger partial charge in [0.05, 0.1) is 0 Å². The monoisotopic (exact) mass is 561 g/mol. The number of rotatable bonds is 4. The summed E-state index contributed by atoms with van der Waals surface area (Å²) in [4.78, 5) is 2.36. The molecule has 0 aliphatic carbocycles. The van der Waals surface area contributed by atoms with Crippen molar-refractivity contribution in [3.05, 3.63) is 164 Å². The molecule has 0 saturated carbocycles. The van der Waals surface area contributed by atoms with Crippen molar-refractivity contribution >= 4 is 71.3 Å². The lowest BCUT2D eigenvalue weighted by Gasteiger charge is -2.26. The van der Waals surface area contributed by atoms with Crippen molar-refractivity contribution in [1.82, 2.24) is 0 Å². The van der Waals surface area contributed by atoms with Gasteiger partial charge in [-0.25, -0.2) is 0 Å². The molecule has 0 spiro atoms. The normalized spacial score (nSPS) is 11.6. The Morgan fingerprint density at radius 2 is 0.886 bits per heavy atom. The molecule has 44 heavy (non-hydrogen) atoms. The SMILES string of the molecule is c1ccc(-c2ccc(N(c3ccc4ccc5ccccc5c4c3)c3ccc4oc5c6ccccc6ccc5c4c3)cc2)cc1. The minimum absolute atomic E-state index is 0.893. The molecule has 206 valence electrons. The lowest BCUT2D eigenvalue weighted by atomic mass is 10.0. The van der Waals surface area contributed by atoms with Gasteiger partial charge in [-0.3, -0.25) is 0 Å². The molecule has 0 unspecified atom stereocenters. The molecule has 0 N–H and O–H groups in total. The number of furan rings is 1. The van der Waals surface area contributed by atoms with Crippen molar-refractivity contribution < 1.29 is 4.42 Å². The zero-order valence-electron chi connectivity index (χ0n) is 23.9. The maximum Gasteiger partial charge on any atom is 0.143 e. The Kier molecular flexibility index (Phi) is 5.54. The number of anilines is 3. The van der Waals surface area contributed by atoms with Gasteiger partial charge in [0, 0.05) is 33.2 Å². The average Bonchev–Trinajstić information content (AvgIpc) is 3.48. The van der Waals surface area contributed by atoms with E-state index in [-0.39, 0.29) is 0 Å². The van der Waals surface area contributed by atoms with Crippen LogP contribution in [0.1, 0.15) is 0 Å². The molecular weight excluding hydrogens is 534 g/mol. The zero-order chi connectivity index (χ0) is 29.0. The molecule has 9 rings (SSSR count). The van der Waals surface area contributed by atoms with Gasteiger partial charge in [-0.05, 0) is 86.6 Å².